The molecule has 2 bridgehead atoms. The van der Waals surface area contributed by atoms with Crippen molar-refractivity contribution >= 4 is 5.97 Å². The van der Waals surface area contributed by atoms with Gasteiger partial charge in [0.15, 0.2) is 0 Å². The van der Waals surface area contributed by atoms with Gasteiger partial charge in [0.25, 0.3) is 0 Å². The maximum Gasteiger partial charge on any atom is 0.308 e. The maximum atomic E-state index is 13.3. The molecule has 0 amide bonds. The first-order valence-corrected chi connectivity index (χ1v) is 4.94. The molecular formula is C10H15FO2. The van der Waals surface area contributed by atoms with Crippen molar-refractivity contribution < 1.29 is 13.9 Å². The topological polar surface area (TPSA) is 26.3 Å². The lowest BCUT2D eigenvalue weighted by Crippen LogP contribution is -2.42. The number of methoxy groups -OCH3 is 1. The zero-order valence-corrected chi connectivity index (χ0v) is 7.83. The van der Waals surface area contributed by atoms with Crippen LogP contribution in [0.15, 0.2) is 0 Å². The Morgan fingerprint density at radius 1 is 1.31 bits per heavy atom. The van der Waals surface area contributed by atoms with E-state index in [1.807, 2.05) is 0 Å². The molecule has 3 aliphatic carbocycles. The van der Waals surface area contributed by atoms with Crippen molar-refractivity contribution in [2.75, 3.05) is 7.11 Å². The van der Waals surface area contributed by atoms with Crippen LogP contribution in [0.2, 0.25) is 0 Å². The van der Waals surface area contributed by atoms with Gasteiger partial charge in [-0.1, -0.05) is 0 Å². The number of rotatable bonds is 1. The molecule has 0 saturated heterocycles. The van der Waals surface area contributed by atoms with Crippen LogP contribution in [-0.4, -0.2) is 19.3 Å². The van der Waals surface area contributed by atoms with Crippen LogP contribution in [0.25, 0.3) is 0 Å². The van der Waals surface area contributed by atoms with Crippen LogP contribution >= 0.6 is 0 Å². The fraction of sp³-hybridized carbons (Fsp3) is 0.900. The highest BCUT2D eigenvalue weighted by Crippen LogP contribution is 2.46. The Kier molecular flexibility index (Phi) is 2.26. The number of esters is 1. The van der Waals surface area contributed by atoms with E-state index in [1.54, 1.807) is 0 Å². The summed E-state index contributed by atoms with van der Waals surface area (Å²) in [7, 11) is 1.41. The van der Waals surface area contributed by atoms with Crippen molar-refractivity contribution in [3.8, 4) is 0 Å². The molecule has 4 atom stereocenters. The number of fused-ring (bicyclic) bond motifs is 3. The van der Waals surface area contributed by atoms with E-state index in [1.165, 1.54) is 7.11 Å². The summed E-state index contributed by atoms with van der Waals surface area (Å²) in [6.45, 7) is 0. The van der Waals surface area contributed by atoms with Gasteiger partial charge in [0.1, 0.15) is 6.17 Å². The van der Waals surface area contributed by atoms with Crippen molar-refractivity contribution in [3.63, 3.8) is 0 Å². The Bertz CT molecular complexity index is 217. The van der Waals surface area contributed by atoms with Gasteiger partial charge in [-0.15, -0.1) is 0 Å². The summed E-state index contributed by atoms with van der Waals surface area (Å²) in [6.07, 6.45) is 2.58. The molecule has 0 aliphatic heterocycles. The number of carbonyl (C=O) groups is 1. The Balaban J connectivity index is 2.06. The van der Waals surface area contributed by atoms with Crippen LogP contribution in [0, 0.1) is 17.8 Å². The lowest BCUT2D eigenvalue weighted by atomic mass is 9.64. The third-order valence-electron chi connectivity index (χ3n) is 3.58. The second-order valence-corrected chi connectivity index (χ2v) is 4.21. The van der Waals surface area contributed by atoms with Gasteiger partial charge in [0, 0.05) is 0 Å². The molecule has 0 aromatic heterocycles. The largest absolute Gasteiger partial charge is 0.469 e. The highest BCUT2D eigenvalue weighted by molar-refractivity contribution is 5.73. The van der Waals surface area contributed by atoms with E-state index >= 15 is 0 Å². The fourth-order valence-corrected chi connectivity index (χ4v) is 2.80. The second kappa shape index (κ2) is 3.28. The van der Waals surface area contributed by atoms with E-state index in [0.717, 1.165) is 12.8 Å². The summed E-state index contributed by atoms with van der Waals surface area (Å²) < 4.78 is 18.0. The average molecular weight is 186 g/mol. The summed E-state index contributed by atoms with van der Waals surface area (Å²) in [5.74, 6) is 0.207. The van der Waals surface area contributed by atoms with E-state index < -0.39 is 6.17 Å². The van der Waals surface area contributed by atoms with Gasteiger partial charge in [-0.3, -0.25) is 4.79 Å². The minimum Gasteiger partial charge on any atom is -0.469 e. The van der Waals surface area contributed by atoms with Gasteiger partial charge in [0.2, 0.25) is 0 Å². The van der Waals surface area contributed by atoms with Crippen LogP contribution < -0.4 is 0 Å². The second-order valence-electron chi connectivity index (χ2n) is 4.21. The van der Waals surface area contributed by atoms with Crippen molar-refractivity contribution in [1.82, 2.24) is 0 Å². The first kappa shape index (κ1) is 8.97. The lowest BCUT2D eigenvalue weighted by Gasteiger charge is -2.42. The number of ether oxygens (including phenoxy) is 1. The quantitative estimate of drug-likeness (QED) is 0.585. The average Bonchev–Trinajstić information content (AvgIpc) is 2.17. The molecule has 74 valence electrons. The molecule has 3 rings (SSSR count). The molecule has 0 N–H and O–H groups in total. The van der Waals surface area contributed by atoms with Gasteiger partial charge < -0.3 is 4.74 Å². The van der Waals surface area contributed by atoms with Gasteiger partial charge in [-0.2, -0.15) is 0 Å². The minimum absolute atomic E-state index is 0.0178. The van der Waals surface area contributed by atoms with Gasteiger partial charge in [-0.25, -0.2) is 4.39 Å². The molecule has 13 heavy (non-hydrogen) atoms. The monoisotopic (exact) mass is 186 g/mol. The first-order chi connectivity index (χ1) is 6.22. The number of hydrogen-bond donors (Lipinski definition) is 0. The van der Waals surface area contributed by atoms with Crippen molar-refractivity contribution in [2.24, 2.45) is 17.8 Å². The van der Waals surface area contributed by atoms with Crippen LogP contribution in [0.1, 0.15) is 25.7 Å². The molecule has 0 radical (unpaired) electrons. The lowest BCUT2D eigenvalue weighted by molar-refractivity contribution is -0.153. The molecule has 0 unspecified atom stereocenters. The predicted molar refractivity (Wildman–Crippen MR) is 45.9 cm³/mol. The zero-order chi connectivity index (χ0) is 9.42. The fourth-order valence-electron chi connectivity index (χ4n) is 2.80. The number of hydrogen-bond acceptors (Lipinski definition) is 2. The van der Waals surface area contributed by atoms with E-state index in [4.69, 9.17) is 4.74 Å². The summed E-state index contributed by atoms with van der Waals surface area (Å²) in [6, 6.07) is 0. The summed E-state index contributed by atoms with van der Waals surface area (Å²) in [5, 5.41) is 0. The number of alkyl halides is 1. The van der Waals surface area contributed by atoms with Crippen LogP contribution in [-0.2, 0) is 9.53 Å². The number of carbonyl (C=O) groups excluding carboxylic acids is 1. The van der Waals surface area contributed by atoms with Gasteiger partial charge in [-0.05, 0) is 37.5 Å². The predicted octanol–water partition coefficient (Wildman–Crippen LogP) is 1.93. The molecule has 3 saturated carbocycles. The van der Waals surface area contributed by atoms with Crippen LogP contribution in [0.3, 0.4) is 0 Å². The van der Waals surface area contributed by atoms with Crippen molar-refractivity contribution in [2.45, 2.75) is 31.9 Å². The normalized spacial score (nSPS) is 43.2. The van der Waals surface area contributed by atoms with Crippen molar-refractivity contribution in [3.05, 3.63) is 0 Å². The van der Waals surface area contributed by atoms with E-state index in [-0.39, 0.29) is 23.7 Å². The zero-order valence-electron chi connectivity index (χ0n) is 7.83. The number of halogens is 1. The van der Waals surface area contributed by atoms with Gasteiger partial charge in [0.05, 0.1) is 13.0 Å². The molecule has 0 spiro atoms. The minimum atomic E-state index is -0.667. The van der Waals surface area contributed by atoms with Crippen molar-refractivity contribution in [1.29, 1.82) is 0 Å². The summed E-state index contributed by atoms with van der Waals surface area (Å²) in [4.78, 5) is 11.3. The van der Waals surface area contributed by atoms with E-state index in [9.17, 15) is 9.18 Å². The molecule has 0 aromatic rings. The molecule has 3 aliphatic rings. The Labute approximate surface area is 77.5 Å². The molecule has 3 fully saturated rings. The van der Waals surface area contributed by atoms with Crippen LogP contribution in [0.4, 0.5) is 4.39 Å². The maximum absolute atomic E-state index is 13.3. The Hall–Kier alpha value is -0.600. The van der Waals surface area contributed by atoms with Gasteiger partial charge >= 0.3 is 5.97 Å². The van der Waals surface area contributed by atoms with E-state index in [0.29, 0.717) is 12.8 Å². The molecule has 0 heterocycles. The molecule has 0 aromatic carbocycles. The highest BCUT2D eigenvalue weighted by atomic mass is 19.1. The summed E-state index contributed by atoms with van der Waals surface area (Å²) >= 11 is 0. The molecule has 3 heteroatoms. The standard InChI is InChI=1S/C10H15FO2/c1-13-10(12)8-4-7-3-2-6(8)5-9(7)11/h6-9H,2-5H2,1H3/t6-,7-,8-,9+/m0/s1. The highest BCUT2D eigenvalue weighted by Gasteiger charge is 2.45. The molecular weight excluding hydrogens is 171 g/mol. The smallest absolute Gasteiger partial charge is 0.308 e. The Morgan fingerprint density at radius 3 is 2.46 bits per heavy atom. The SMILES string of the molecule is COC(=O)[C@H]1C[C@@H]2CC[C@H]1C[C@H]2F. The third-order valence-corrected chi connectivity index (χ3v) is 3.58. The summed E-state index contributed by atoms with van der Waals surface area (Å²) in [5.41, 5.74) is 0. The first-order valence-electron chi connectivity index (χ1n) is 4.94. The molecule has 2 nitrogen and oxygen atoms in total. The van der Waals surface area contributed by atoms with Crippen LogP contribution in [0.5, 0.6) is 0 Å². The Morgan fingerprint density at radius 2 is 2.00 bits per heavy atom. The third kappa shape index (κ3) is 1.45. The van der Waals surface area contributed by atoms with E-state index in [2.05, 4.69) is 0 Å².